The molecule has 0 spiro atoms. The summed E-state index contributed by atoms with van der Waals surface area (Å²) in [4.78, 5) is 0. The zero-order chi connectivity index (χ0) is 18.4. The molecular weight excluding hydrogens is 310 g/mol. The first kappa shape index (κ1) is 19.3. The van der Waals surface area contributed by atoms with Crippen LogP contribution >= 0.6 is 0 Å². The third kappa shape index (κ3) is 5.23. The van der Waals surface area contributed by atoms with Gasteiger partial charge in [0, 0.05) is 12.1 Å². The molecule has 0 bridgehead atoms. The molecule has 0 heterocycles. The van der Waals surface area contributed by atoms with Gasteiger partial charge in [-0.2, -0.15) is 0 Å². The molecule has 2 N–H and O–H groups in total. The summed E-state index contributed by atoms with van der Waals surface area (Å²) in [5.41, 5.74) is 5.40. The first-order valence-corrected chi connectivity index (χ1v) is 9.04. The first-order chi connectivity index (χ1) is 11.9. The van der Waals surface area contributed by atoms with Gasteiger partial charge in [-0.15, -0.1) is 0 Å². The minimum absolute atomic E-state index is 0.0262. The lowest BCUT2D eigenvalue weighted by molar-refractivity contribution is 0.357. The Morgan fingerprint density at radius 2 is 1.92 bits per heavy atom. The second kappa shape index (κ2) is 8.39. The lowest BCUT2D eigenvalue weighted by atomic mass is 9.93. The molecule has 0 aliphatic heterocycles. The molecule has 0 aromatic heterocycles. The Labute approximate surface area is 152 Å². The lowest BCUT2D eigenvalue weighted by Gasteiger charge is -2.28. The minimum Gasteiger partial charge on any atom is -0.504 e. The summed E-state index contributed by atoms with van der Waals surface area (Å²) in [5.74, 6) is 0.728. The molecule has 0 saturated heterocycles. The minimum atomic E-state index is 0.0262. The van der Waals surface area contributed by atoms with Gasteiger partial charge < -0.3 is 15.2 Å². The van der Waals surface area contributed by atoms with Gasteiger partial charge >= 0.3 is 0 Å². The van der Waals surface area contributed by atoms with Crippen molar-refractivity contribution in [2.75, 3.05) is 7.11 Å². The molecule has 25 heavy (non-hydrogen) atoms. The molecule has 0 radical (unpaired) electrons. The number of hydrogen-bond donors (Lipinski definition) is 2. The maximum atomic E-state index is 9.71. The smallest absolute Gasteiger partial charge is 0.160 e. The molecule has 0 fully saturated rings. The summed E-state index contributed by atoms with van der Waals surface area (Å²) in [6, 6.07) is 12.1. The summed E-state index contributed by atoms with van der Waals surface area (Å²) in [5, 5.41) is 13.4. The van der Waals surface area contributed by atoms with Crippen LogP contribution in [0.3, 0.4) is 0 Å². The van der Waals surface area contributed by atoms with Crippen LogP contribution in [0.2, 0.25) is 0 Å². The van der Waals surface area contributed by atoms with Crippen LogP contribution in [0.25, 0.3) is 0 Å². The highest BCUT2D eigenvalue weighted by atomic mass is 16.5. The largest absolute Gasteiger partial charge is 0.504 e. The number of aromatic hydroxyl groups is 1. The number of methoxy groups -OCH3 is 1. The zero-order valence-corrected chi connectivity index (χ0v) is 16.1. The SMILES string of the molecule is CCc1cccc(C)c1CNC(C)(C)CCc1ccc(O)c(OC)c1. The molecule has 136 valence electrons. The second-order valence-electron chi connectivity index (χ2n) is 7.31. The molecule has 0 atom stereocenters. The monoisotopic (exact) mass is 341 g/mol. The fourth-order valence-electron chi connectivity index (χ4n) is 3.10. The van der Waals surface area contributed by atoms with E-state index in [2.05, 4.69) is 51.2 Å². The van der Waals surface area contributed by atoms with Gasteiger partial charge in [0.2, 0.25) is 0 Å². The second-order valence-corrected chi connectivity index (χ2v) is 7.31. The van der Waals surface area contributed by atoms with Crippen molar-refractivity contribution in [3.8, 4) is 11.5 Å². The normalized spacial score (nSPS) is 11.6. The van der Waals surface area contributed by atoms with Crippen LogP contribution in [0.5, 0.6) is 11.5 Å². The lowest BCUT2D eigenvalue weighted by Crippen LogP contribution is -2.39. The van der Waals surface area contributed by atoms with Gasteiger partial charge in [0.05, 0.1) is 7.11 Å². The van der Waals surface area contributed by atoms with E-state index in [1.54, 1.807) is 13.2 Å². The molecule has 3 heteroatoms. The highest BCUT2D eigenvalue weighted by Crippen LogP contribution is 2.27. The Morgan fingerprint density at radius 3 is 2.60 bits per heavy atom. The van der Waals surface area contributed by atoms with Crippen molar-refractivity contribution in [1.29, 1.82) is 0 Å². The quantitative estimate of drug-likeness (QED) is 0.726. The predicted molar refractivity (Wildman–Crippen MR) is 104 cm³/mol. The molecular formula is C22H31NO2. The van der Waals surface area contributed by atoms with Crippen molar-refractivity contribution in [2.45, 2.75) is 59.0 Å². The van der Waals surface area contributed by atoms with E-state index >= 15 is 0 Å². The standard InChI is InChI=1S/C22H31NO2/c1-6-18-9-7-8-16(2)19(18)15-23-22(3,4)13-12-17-10-11-20(24)21(14-17)25-5/h7-11,14,23-24H,6,12-13,15H2,1-5H3. The van der Waals surface area contributed by atoms with Gasteiger partial charge in [-0.05, 0) is 74.4 Å². The highest BCUT2D eigenvalue weighted by molar-refractivity contribution is 5.41. The van der Waals surface area contributed by atoms with E-state index in [9.17, 15) is 5.11 Å². The van der Waals surface area contributed by atoms with Crippen LogP contribution < -0.4 is 10.1 Å². The maximum absolute atomic E-state index is 9.71. The Kier molecular flexibility index (Phi) is 6.49. The van der Waals surface area contributed by atoms with E-state index in [1.165, 1.54) is 22.3 Å². The van der Waals surface area contributed by atoms with Crippen LogP contribution in [0, 0.1) is 6.92 Å². The molecule has 0 aliphatic rings. The van der Waals surface area contributed by atoms with Gasteiger partial charge in [-0.1, -0.05) is 31.2 Å². The van der Waals surface area contributed by atoms with Gasteiger partial charge in [0.25, 0.3) is 0 Å². The molecule has 0 saturated carbocycles. The molecule has 0 unspecified atom stereocenters. The van der Waals surface area contributed by atoms with Crippen molar-refractivity contribution in [1.82, 2.24) is 5.32 Å². The number of nitrogens with one attached hydrogen (secondary N) is 1. The number of hydrogen-bond acceptors (Lipinski definition) is 3. The Bertz CT molecular complexity index is 707. The van der Waals surface area contributed by atoms with E-state index in [0.717, 1.165) is 25.8 Å². The van der Waals surface area contributed by atoms with Crippen LogP contribution in [0.1, 0.15) is 49.4 Å². The van der Waals surface area contributed by atoms with E-state index in [4.69, 9.17) is 4.74 Å². The summed E-state index contributed by atoms with van der Waals surface area (Å²) in [7, 11) is 1.58. The molecule has 2 rings (SSSR count). The number of aryl methyl sites for hydroxylation is 3. The van der Waals surface area contributed by atoms with Crippen molar-refractivity contribution in [3.63, 3.8) is 0 Å². The van der Waals surface area contributed by atoms with Gasteiger partial charge in [-0.25, -0.2) is 0 Å². The van der Waals surface area contributed by atoms with Crippen molar-refractivity contribution in [3.05, 3.63) is 58.7 Å². The average Bonchev–Trinajstić information content (AvgIpc) is 2.59. The first-order valence-electron chi connectivity index (χ1n) is 9.04. The summed E-state index contributed by atoms with van der Waals surface area (Å²) in [6.45, 7) is 9.78. The van der Waals surface area contributed by atoms with Crippen LogP contribution in [-0.4, -0.2) is 17.8 Å². The van der Waals surface area contributed by atoms with E-state index in [-0.39, 0.29) is 11.3 Å². The average molecular weight is 341 g/mol. The number of ether oxygens (including phenoxy) is 1. The third-order valence-corrected chi connectivity index (χ3v) is 4.91. The Hall–Kier alpha value is -2.00. The fourth-order valence-corrected chi connectivity index (χ4v) is 3.10. The van der Waals surface area contributed by atoms with E-state index in [1.807, 2.05) is 12.1 Å². The Balaban J connectivity index is 1.98. The third-order valence-electron chi connectivity index (χ3n) is 4.91. The van der Waals surface area contributed by atoms with Gasteiger partial charge in [0.1, 0.15) is 0 Å². The molecule has 0 amide bonds. The predicted octanol–water partition coefficient (Wildman–Crippen LogP) is 4.77. The summed E-state index contributed by atoms with van der Waals surface area (Å²) in [6.07, 6.45) is 3.01. The van der Waals surface area contributed by atoms with Gasteiger partial charge in [0.15, 0.2) is 11.5 Å². The topological polar surface area (TPSA) is 41.5 Å². The number of rotatable bonds is 8. The zero-order valence-electron chi connectivity index (χ0n) is 16.1. The highest BCUT2D eigenvalue weighted by Gasteiger charge is 2.18. The van der Waals surface area contributed by atoms with Crippen molar-refractivity contribution < 1.29 is 9.84 Å². The Morgan fingerprint density at radius 1 is 1.16 bits per heavy atom. The molecule has 2 aromatic rings. The van der Waals surface area contributed by atoms with Crippen LogP contribution in [-0.2, 0) is 19.4 Å². The summed E-state index contributed by atoms with van der Waals surface area (Å²) < 4.78 is 5.20. The number of phenolic OH excluding ortho intramolecular Hbond substituents is 1. The van der Waals surface area contributed by atoms with Crippen LogP contribution in [0.15, 0.2) is 36.4 Å². The molecule has 0 aliphatic carbocycles. The van der Waals surface area contributed by atoms with Gasteiger partial charge in [-0.3, -0.25) is 0 Å². The molecule has 2 aromatic carbocycles. The maximum Gasteiger partial charge on any atom is 0.160 e. The van der Waals surface area contributed by atoms with E-state index in [0.29, 0.717) is 5.75 Å². The van der Waals surface area contributed by atoms with Crippen molar-refractivity contribution >= 4 is 0 Å². The fraction of sp³-hybridized carbons (Fsp3) is 0.455. The van der Waals surface area contributed by atoms with E-state index < -0.39 is 0 Å². The summed E-state index contributed by atoms with van der Waals surface area (Å²) >= 11 is 0. The van der Waals surface area contributed by atoms with Crippen LogP contribution in [0.4, 0.5) is 0 Å². The molecule has 3 nitrogen and oxygen atoms in total. The number of phenols is 1. The number of benzene rings is 2. The van der Waals surface area contributed by atoms with Crippen molar-refractivity contribution in [2.24, 2.45) is 0 Å².